The van der Waals surface area contributed by atoms with Gasteiger partial charge >= 0.3 is 6.18 Å². The number of hydrogen-bond donors (Lipinski definition) is 1. The van der Waals surface area contributed by atoms with Crippen LogP contribution in [-0.4, -0.2) is 46.1 Å². The topological polar surface area (TPSA) is 64.9 Å². The molecule has 0 radical (unpaired) electrons. The highest BCUT2D eigenvalue weighted by molar-refractivity contribution is 5.30. The molecule has 0 fully saturated rings. The zero-order chi connectivity index (χ0) is 15.1. The molecule has 2 aromatic rings. The number of halogens is 3. The van der Waals surface area contributed by atoms with E-state index < -0.39 is 12.8 Å². The number of benzene rings is 1. The Morgan fingerprint density at radius 2 is 1.95 bits per heavy atom. The molecule has 0 aliphatic heterocycles. The molecule has 9 heteroatoms. The summed E-state index contributed by atoms with van der Waals surface area (Å²) in [5, 5.41) is 14.3. The van der Waals surface area contributed by atoms with Crippen molar-refractivity contribution in [2.24, 2.45) is 0 Å². The van der Waals surface area contributed by atoms with Gasteiger partial charge in [-0.05, 0) is 22.6 Å². The lowest BCUT2D eigenvalue weighted by Gasteiger charge is -2.08. The molecule has 1 N–H and O–H groups in total. The number of aromatic nitrogens is 4. The Hall–Kier alpha value is -2.00. The Morgan fingerprint density at radius 3 is 2.67 bits per heavy atom. The minimum absolute atomic E-state index is 0.0353. The lowest BCUT2D eigenvalue weighted by Crippen LogP contribution is -2.24. The molecule has 0 aliphatic carbocycles. The number of nitrogens with one attached hydrogen (secondary N) is 1. The van der Waals surface area contributed by atoms with Gasteiger partial charge in [0.05, 0.1) is 18.8 Å². The van der Waals surface area contributed by atoms with Gasteiger partial charge < -0.3 is 10.1 Å². The summed E-state index contributed by atoms with van der Waals surface area (Å²) in [6, 6.07) is 9.31. The fourth-order valence-corrected chi connectivity index (χ4v) is 1.62. The van der Waals surface area contributed by atoms with Crippen molar-refractivity contribution in [3.63, 3.8) is 0 Å². The highest BCUT2D eigenvalue weighted by atomic mass is 19.4. The highest BCUT2D eigenvalue weighted by Gasteiger charge is 2.27. The molecule has 0 saturated heterocycles. The van der Waals surface area contributed by atoms with Gasteiger partial charge in [0.1, 0.15) is 6.61 Å². The van der Waals surface area contributed by atoms with Gasteiger partial charge in [-0.15, -0.1) is 5.10 Å². The van der Waals surface area contributed by atoms with E-state index in [4.69, 9.17) is 0 Å². The first kappa shape index (κ1) is 15.4. The number of tetrazole rings is 1. The van der Waals surface area contributed by atoms with Crippen LogP contribution in [0.5, 0.6) is 0 Å². The van der Waals surface area contributed by atoms with Gasteiger partial charge in [-0.2, -0.15) is 17.9 Å². The van der Waals surface area contributed by atoms with Crippen molar-refractivity contribution in [3.8, 4) is 5.69 Å². The molecule has 0 saturated carbocycles. The molecule has 2 rings (SSSR count). The van der Waals surface area contributed by atoms with Crippen molar-refractivity contribution in [1.82, 2.24) is 25.5 Å². The standard InChI is InChI=1S/C12H14F3N5O/c13-12(14,15)9-21-7-6-16-8-11-17-18-19-20(11)10-4-2-1-3-5-10/h1-5,16H,6-9H2. The molecule has 0 atom stereocenters. The molecule has 114 valence electrons. The Labute approximate surface area is 118 Å². The molecule has 6 nitrogen and oxygen atoms in total. The second-order valence-corrected chi connectivity index (χ2v) is 4.19. The summed E-state index contributed by atoms with van der Waals surface area (Å²) >= 11 is 0. The Morgan fingerprint density at radius 1 is 1.19 bits per heavy atom. The molecule has 21 heavy (non-hydrogen) atoms. The molecule has 0 aliphatic rings. The Balaban J connectivity index is 1.76. The van der Waals surface area contributed by atoms with Crippen LogP contribution in [-0.2, 0) is 11.3 Å². The summed E-state index contributed by atoms with van der Waals surface area (Å²) < 4.78 is 41.6. The first-order valence-corrected chi connectivity index (χ1v) is 6.24. The van der Waals surface area contributed by atoms with Crippen LogP contribution in [0.25, 0.3) is 5.69 Å². The third-order valence-electron chi connectivity index (χ3n) is 2.51. The van der Waals surface area contributed by atoms with Gasteiger partial charge in [0.25, 0.3) is 0 Å². The molecule has 1 aromatic carbocycles. The van der Waals surface area contributed by atoms with E-state index in [9.17, 15) is 13.2 Å². The minimum Gasteiger partial charge on any atom is -0.371 e. The zero-order valence-electron chi connectivity index (χ0n) is 11.0. The average Bonchev–Trinajstić information content (AvgIpc) is 2.91. The average molecular weight is 301 g/mol. The van der Waals surface area contributed by atoms with Crippen LogP contribution >= 0.6 is 0 Å². The van der Waals surface area contributed by atoms with Gasteiger partial charge in [-0.25, -0.2) is 0 Å². The first-order chi connectivity index (χ1) is 10.1. The highest BCUT2D eigenvalue weighted by Crippen LogP contribution is 2.14. The van der Waals surface area contributed by atoms with Crippen molar-refractivity contribution < 1.29 is 17.9 Å². The van der Waals surface area contributed by atoms with Gasteiger partial charge in [-0.1, -0.05) is 18.2 Å². The van der Waals surface area contributed by atoms with Crippen LogP contribution in [0.4, 0.5) is 13.2 Å². The predicted molar refractivity (Wildman–Crippen MR) is 67.7 cm³/mol. The van der Waals surface area contributed by atoms with E-state index in [1.54, 1.807) is 4.68 Å². The first-order valence-electron chi connectivity index (χ1n) is 6.24. The van der Waals surface area contributed by atoms with E-state index in [1.807, 2.05) is 30.3 Å². The summed E-state index contributed by atoms with van der Waals surface area (Å²) in [6.45, 7) is -0.669. The second-order valence-electron chi connectivity index (χ2n) is 4.19. The smallest absolute Gasteiger partial charge is 0.371 e. The second kappa shape index (κ2) is 7.14. The maximum Gasteiger partial charge on any atom is 0.411 e. The third kappa shape index (κ3) is 5.12. The molecule has 1 aromatic heterocycles. The van der Waals surface area contributed by atoms with Crippen molar-refractivity contribution in [3.05, 3.63) is 36.2 Å². The van der Waals surface area contributed by atoms with E-state index in [2.05, 4.69) is 25.6 Å². The lowest BCUT2D eigenvalue weighted by molar-refractivity contribution is -0.173. The van der Waals surface area contributed by atoms with E-state index in [1.165, 1.54) is 0 Å². The molecule has 1 heterocycles. The number of rotatable bonds is 7. The van der Waals surface area contributed by atoms with Crippen LogP contribution in [0, 0.1) is 0 Å². The SMILES string of the molecule is FC(F)(F)COCCNCc1nnnn1-c1ccccc1. The maximum absolute atomic E-state index is 11.9. The summed E-state index contributed by atoms with van der Waals surface area (Å²) in [4.78, 5) is 0. The van der Waals surface area contributed by atoms with Crippen LogP contribution in [0.3, 0.4) is 0 Å². The summed E-state index contributed by atoms with van der Waals surface area (Å²) in [6.07, 6.45) is -4.29. The van der Waals surface area contributed by atoms with Crippen molar-refractivity contribution in [1.29, 1.82) is 0 Å². The van der Waals surface area contributed by atoms with Crippen molar-refractivity contribution >= 4 is 0 Å². The summed E-state index contributed by atoms with van der Waals surface area (Å²) in [5.41, 5.74) is 0.813. The Kier molecular flexibility index (Phi) is 5.23. The summed E-state index contributed by atoms with van der Waals surface area (Å²) in [5.74, 6) is 0.567. The zero-order valence-corrected chi connectivity index (χ0v) is 11.0. The predicted octanol–water partition coefficient (Wildman–Crippen LogP) is 1.33. The molecule has 0 bridgehead atoms. The van der Waals surface area contributed by atoms with Crippen molar-refractivity contribution in [2.45, 2.75) is 12.7 Å². The van der Waals surface area contributed by atoms with Gasteiger partial charge in [0, 0.05) is 6.54 Å². The van der Waals surface area contributed by atoms with E-state index in [-0.39, 0.29) is 13.2 Å². The van der Waals surface area contributed by atoms with E-state index in [0.717, 1.165) is 5.69 Å². The molecular formula is C12H14F3N5O. The number of nitrogens with zero attached hydrogens (tertiary/aromatic N) is 4. The molecule has 0 spiro atoms. The van der Waals surface area contributed by atoms with Crippen molar-refractivity contribution in [2.75, 3.05) is 19.8 Å². The number of hydrogen-bond acceptors (Lipinski definition) is 5. The largest absolute Gasteiger partial charge is 0.411 e. The maximum atomic E-state index is 11.9. The van der Waals surface area contributed by atoms with Crippen LogP contribution in [0.2, 0.25) is 0 Å². The molecular weight excluding hydrogens is 287 g/mol. The number of alkyl halides is 3. The number of ether oxygens (including phenoxy) is 1. The van der Waals surface area contributed by atoms with Gasteiger partial charge in [0.15, 0.2) is 5.82 Å². The van der Waals surface area contributed by atoms with Crippen LogP contribution < -0.4 is 5.32 Å². The fourth-order valence-electron chi connectivity index (χ4n) is 1.62. The van der Waals surface area contributed by atoms with E-state index in [0.29, 0.717) is 12.4 Å². The lowest BCUT2D eigenvalue weighted by atomic mass is 10.3. The number of para-hydroxylation sites is 1. The minimum atomic E-state index is -4.29. The van der Waals surface area contributed by atoms with Crippen LogP contribution in [0.1, 0.15) is 5.82 Å². The van der Waals surface area contributed by atoms with Gasteiger partial charge in [-0.3, -0.25) is 0 Å². The van der Waals surface area contributed by atoms with E-state index >= 15 is 0 Å². The quantitative estimate of drug-likeness (QED) is 0.782. The normalized spacial score (nSPS) is 11.8. The third-order valence-corrected chi connectivity index (χ3v) is 2.51. The molecule has 0 amide bonds. The monoisotopic (exact) mass is 301 g/mol. The van der Waals surface area contributed by atoms with Crippen LogP contribution in [0.15, 0.2) is 30.3 Å². The molecule has 0 unspecified atom stereocenters. The Bertz CT molecular complexity index is 543. The summed E-state index contributed by atoms with van der Waals surface area (Å²) in [7, 11) is 0. The van der Waals surface area contributed by atoms with Gasteiger partial charge in [0.2, 0.25) is 0 Å². The fraction of sp³-hybridized carbons (Fsp3) is 0.417.